The predicted octanol–water partition coefficient (Wildman–Crippen LogP) is 2.22. The Morgan fingerprint density at radius 1 is 1.25 bits per heavy atom. The van der Waals surface area contributed by atoms with Crippen molar-refractivity contribution in [2.45, 2.75) is 36.8 Å². The molecule has 0 aromatic heterocycles. The summed E-state index contributed by atoms with van der Waals surface area (Å²) in [5.74, 6) is 0. The Morgan fingerprint density at radius 2 is 1.95 bits per heavy atom. The molecule has 1 aliphatic carbocycles. The van der Waals surface area contributed by atoms with Crippen molar-refractivity contribution in [2.24, 2.45) is 0 Å². The van der Waals surface area contributed by atoms with Crippen molar-refractivity contribution >= 4 is 16.1 Å². The van der Waals surface area contributed by atoms with Crippen LogP contribution >= 0.6 is 0 Å². The van der Waals surface area contributed by atoms with Gasteiger partial charge in [-0.3, -0.25) is 0 Å². The van der Waals surface area contributed by atoms with Gasteiger partial charge in [0, 0.05) is 0 Å². The molecule has 0 N–H and O–H groups in total. The number of hydrogen-bond acceptors (Lipinski definition) is 4. The van der Waals surface area contributed by atoms with Gasteiger partial charge >= 0.3 is 6.09 Å². The highest BCUT2D eigenvalue weighted by Crippen LogP contribution is 2.32. The van der Waals surface area contributed by atoms with Crippen molar-refractivity contribution in [1.29, 1.82) is 0 Å². The van der Waals surface area contributed by atoms with E-state index in [4.69, 9.17) is 4.74 Å². The summed E-state index contributed by atoms with van der Waals surface area (Å²) in [6, 6.07) is 5.92. The molecule has 106 valence electrons. The topological polar surface area (TPSA) is 63.7 Å². The average molecular weight is 293 g/mol. The fourth-order valence-corrected chi connectivity index (χ4v) is 4.01. The first kappa shape index (κ1) is 13.2. The summed E-state index contributed by atoms with van der Waals surface area (Å²) in [4.78, 5) is 12.0. The maximum Gasteiger partial charge on any atom is 0.424 e. The molecule has 2 unspecified atom stereocenters. The second-order valence-corrected chi connectivity index (χ2v) is 6.85. The van der Waals surface area contributed by atoms with Gasteiger partial charge in [0.05, 0.1) is 4.90 Å². The molecule has 1 amide bonds. The van der Waals surface area contributed by atoms with E-state index in [1.165, 1.54) is 12.1 Å². The van der Waals surface area contributed by atoms with Gasteiger partial charge in [-0.15, -0.1) is 0 Å². The Hall–Kier alpha value is -1.82. The van der Waals surface area contributed by atoms with Crippen LogP contribution in [0.2, 0.25) is 0 Å². The summed E-state index contributed by atoms with van der Waals surface area (Å²) < 4.78 is 31.2. The van der Waals surface area contributed by atoms with E-state index in [1.54, 1.807) is 18.2 Å². The molecule has 0 bridgehead atoms. The average Bonchev–Trinajstić information content (AvgIpc) is 2.75. The van der Waals surface area contributed by atoms with Crippen molar-refractivity contribution in [3.05, 3.63) is 42.0 Å². The van der Waals surface area contributed by atoms with Gasteiger partial charge in [-0.1, -0.05) is 29.8 Å². The van der Waals surface area contributed by atoms with Gasteiger partial charge < -0.3 is 4.74 Å². The van der Waals surface area contributed by atoms with Crippen LogP contribution < -0.4 is 0 Å². The number of hydrogen-bond donors (Lipinski definition) is 0. The Labute approximate surface area is 117 Å². The van der Waals surface area contributed by atoms with Crippen LogP contribution in [-0.2, 0) is 14.8 Å². The molecule has 3 rings (SSSR count). The third-order valence-electron chi connectivity index (χ3n) is 3.61. The number of rotatable bonds is 2. The molecular weight excluding hydrogens is 278 g/mol. The largest absolute Gasteiger partial charge is 0.443 e. The molecule has 0 spiro atoms. The fourth-order valence-electron chi connectivity index (χ4n) is 2.53. The molecule has 1 aromatic rings. The number of nitrogens with zero attached hydrogens (tertiary/aromatic N) is 1. The molecule has 1 saturated heterocycles. The standard InChI is InChI=1S/C14H15NO4S/c1-10-6-8-11(9-7-10)20(17,18)15-12-4-2-3-5-13(12)19-14(15)16/h2,4,6-9,12-13H,3,5H2,1H3. The van der Waals surface area contributed by atoms with Crippen LogP contribution in [-0.4, -0.2) is 31.0 Å². The minimum Gasteiger partial charge on any atom is -0.443 e. The van der Waals surface area contributed by atoms with Gasteiger partial charge in [0.2, 0.25) is 0 Å². The van der Waals surface area contributed by atoms with Gasteiger partial charge in [-0.25, -0.2) is 13.2 Å². The lowest BCUT2D eigenvalue weighted by Gasteiger charge is -2.23. The third kappa shape index (κ3) is 2.00. The van der Waals surface area contributed by atoms with Crippen molar-refractivity contribution < 1.29 is 17.9 Å². The SMILES string of the molecule is Cc1ccc(S(=O)(=O)N2C(=O)OC3CCC=CC32)cc1. The number of benzene rings is 1. The van der Waals surface area contributed by atoms with Crippen molar-refractivity contribution in [3.63, 3.8) is 0 Å². The highest BCUT2D eigenvalue weighted by molar-refractivity contribution is 7.89. The van der Waals surface area contributed by atoms with Crippen LogP contribution in [0.4, 0.5) is 4.79 Å². The first-order valence-corrected chi connectivity index (χ1v) is 7.92. The van der Waals surface area contributed by atoms with Crippen molar-refractivity contribution in [3.8, 4) is 0 Å². The molecule has 6 heteroatoms. The number of sulfonamides is 1. The normalized spacial score (nSPS) is 25.4. The summed E-state index contributed by atoms with van der Waals surface area (Å²) in [6.07, 6.45) is 3.94. The number of carbonyl (C=O) groups is 1. The highest BCUT2D eigenvalue weighted by atomic mass is 32.2. The number of amides is 1. The lowest BCUT2D eigenvalue weighted by atomic mass is 10.0. The monoisotopic (exact) mass is 293 g/mol. The van der Waals surface area contributed by atoms with Crippen LogP contribution in [0, 0.1) is 6.92 Å². The number of ether oxygens (including phenoxy) is 1. The number of fused-ring (bicyclic) bond motifs is 1. The quantitative estimate of drug-likeness (QED) is 0.784. The Morgan fingerprint density at radius 3 is 2.65 bits per heavy atom. The van der Waals surface area contributed by atoms with E-state index in [0.717, 1.165) is 16.3 Å². The molecule has 5 nitrogen and oxygen atoms in total. The summed E-state index contributed by atoms with van der Waals surface area (Å²) in [6.45, 7) is 1.88. The minimum absolute atomic E-state index is 0.111. The molecular formula is C14H15NO4S. The van der Waals surface area contributed by atoms with E-state index < -0.39 is 22.2 Å². The lowest BCUT2D eigenvalue weighted by molar-refractivity contribution is 0.128. The van der Waals surface area contributed by atoms with Gasteiger partial charge in [0.1, 0.15) is 12.1 Å². The molecule has 0 saturated carbocycles. The molecule has 1 aromatic carbocycles. The maximum absolute atomic E-state index is 12.6. The number of allylic oxidation sites excluding steroid dienone is 1. The summed E-state index contributed by atoms with van der Waals surface area (Å²) >= 11 is 0. The Bertz CT molecular complexity index is 663. The number of carbonyl (C=O) groups excluding carboxylic acids is 1. The lowest BCUT2D eigenvalue weighted by Crippen LogP contribution is -2.40. The van der Waals surface area contributed by atoms with E-state index in [0.29, 0.717) is 6.42 Å². The second-order valence-electron chi connectivity index (χ2n) is 5.03. The van der Waals surface area contributed by atoms with E-state index in [2.05, 4.69) is 0 Å². The van der Waals surface area contributed by atoms with Gasteiger partial charge in [0.15, 0.2) is 0 Å². The van der Waals surface area contributed by atoms with Crippen molar-refractivity contribution in [2.75, 3.05) is 0 Å². The van der Waals surface area contributed by atoms with E-state index in [-0.39, 0.29) is 11.0 Å². The molecule has 1 fully saturated rings. The summed E-state index contributed by atoms with van der Waals surface area (Å²) in [5.41, 5.74) is 0.961. The molecule has 0 radical (unpaired) electrons. The first-order chi connectivity index (χ1) is 9.50. The Balaban J connectivity index is 2.02. The van der Waals surface area contributed by atoms with E-state index in [1.807, 2.05) is 13.0 Å². The predicted molar refractivity (Wildman–Crippen MR) is 72.6 cm³/mol. The fraction of sp³-hybridized carbons (Fsp3) is 0.357. The minimum atomic E-state index is -3.87. The second kappa shape index (κ2) is 4.63. The van der Waals surface area contributed by atoms with E-state index in [9.17, 15) is 13.2 Å². The number of aryl methyl sites for hydroxylation is 1. The maximum atomic E-state index is 12.6. The van der Waals surface area contributed by atoms with Gasteiger partial charge in [0.25, 0.3) is 10.0 Å². The molecule has 20 heavy (non-hydrogen) atoms. The zero-order valence-corrected chi connectivity index (χ0v) is 11.8. The summed E-state index contributed by atoms with van der Waals surface area (Å²) in [5, 5.41) is 0. The third-order valence-corrected chi connectivity index (χ3v) is 5.39. The smallest absolute Gasteiger partial charge is 0.424 e. The molecule has 2 atom stereocenters. The summed E-state index contributed by atoms with van der Waals surface area (Å²) in [7, 11) is -3.87. The van der Waals surface area contributed by atoms with Crippen molar-refractivity contribution in [1.82, 2.24) is 4.31 Å². The van der Waals surface area contributed by atoms with E-state index >= 15 is 0 Å². The van der Waals surface area contributed by atoms with Crippen LogP contribution in [0.5, 0.6) is 0 Å². The molecule has 1 aliphatic heterocycles. The zero-order valence-electron chi connectivity index (χ0n) is 11.0. The zero-order chi connectivity index (χ0) is 14.3. The Kier molecular flexibility index (Phi) is 3.05. The highest BCUT2D eigenvalue weighted by Gasteiger charge is 2.47. The molecule has 2 aliphatic rings. The van der Waals surface area contributed by atoms with Gasteiger partial charge in [-0.2, -0.15) is 4.31 Å². The first-order valence-electron chi connectivity index (χ1n) is 6.48. The van der Waals surface area contributed by atoms with Crippen LogP contribution in [0.3, 0.4) is 0 Å². The molecule has 1 heterocycles. The van der Waals surface area contributed by atoms with Crippen LogP contribution in [0.25, 0.3) is 0 Å². The van der Waals surface area contributed by atoms with Crippen LogP contribution in [0.15, 0.2) is 41.3 Å². The van der Waals surface area contributed by atoms with Gasteiger partial charge in [-0.05, 0) is 31.9 Å². The van der Waals surface area contributed by atoms with Crippen LogP contribution in [0.1, 0.15) is 18.4 Å².